The Bertz CT molecular complexity index is 495. The summed E-state index contributed by atoms with van der Waals surface area (Å²) in [4.78, 5) is 16.2. The lowest BCUT2D eigenvalue weighted by Crippen LogP contribution is -2.56. The Morgan fingerprint density at radius 2 is 2.25 bits per heavy atom. The summed E-state index contributed by atoms with van der Waals surface area (Å²) in [6.07, 6.45) is 0. The van der Waals surface area contributed by atoms with Gasteiger partial charge in [0.05, 0.1) is 18.7 Å². The zero-order valence-electron chi connectivity index (χ0n) is 11.8. The third-order valence-electron chi connectivity index (χ3n) is 3.63. The van der Waals surface area contributed by atoms with Gasteiger partial charge in [0.1, 0.15) is 11.6 Å². The molecular formula is C14H20FN3O2. The van der Waals surface area contributed by atoms with Crippen molar-refractivity contribution in [3.8, 4) is 5.75 Å². The van der Waals surface area contributed by atoms with Crippen LogP contribution in [0.25, 0.3) is 0 Å². The molecule has 1 atom stereocenters. The number of nitrogens with zero attached hydrogens (tertiary/aromatic N) is 2. The Hall–Kier alpha value is -1.66. The van der Waals surface area contributed by atoms with Gasteiger partial charge in [-0.2, -0.15) is 0 Å². The topological polar surface area (TPSA) is 58.8 Å². The molecule has 2 rings (SSSR count). The lowest BCUT2D eigenvalue weighted by Gasteiger charge is -2.39. The van der Waals surface area contributed by atoms with Gasteiger partial charge in [0, 0.05) is 32.2 Å². The Morgan fingerprint density at radius 3 is 2.85 bits per heavy atom. The number of methoxy groups -OCH3 is 1. The summed E-state index contributed by atoms with van der Waals surface area (Å²) < 4.78 is 18.9. The van der Waals surface area contributed by atoms with Gasteiger partial charge in [0.25, 0.3) is 5.91 Å². The number of benzene rings is 1. The van der Waals surface area contributed by atoms with Crippen molar-refractivity contribution in [3.63, 3.8) is 0 Å². The van der Waals surface area contributed by atoms with Crippen LogP contribution in [0.1, 0.15) is 10.4 Å². The highest BCUT2D eigenvalue weighted by Gasteiger charge is 2.30. The SMILES string of the molecule is COc1ccc(C(=O)N2CCN(C)CC2CN)c(F)c1. The normalized spacial score (nSPS) is 20.0. The van der Waals surface area contributed by atoms with Crippen LogP contribution in [-0.4, -0.2) is 62.1 Å². The molecule has 5 nitrogen and oxygen atoms in total. The van der Waals surface area contributed by atoms with Gasteiger partial charge in [-0.15, -0.1) is 0 Å². The van der Waals surface area contributed by atoms with Crippen LogP contribution in [0.4, 0.5) is 4.39 Å². The van der Waals surface area contributed by atoms with Crippen LogP contribution >= 0.6 is 0 Å². The van der Waals surface area contributed by atoms with Crippen LogP contribution in [-0.2, 0) is 0 Å². The third kappa shape index (κ3) is 2.91. The van der Waals surface area contributed by atoms with E-state index < -0.39 is 5.82 Å². The standard InChI is InChI=1S/C14H20FN3O2/c1-17-5-6-18(10(8-16)9-17)14(19)12-4-3-11(20-2)7-13(12)15/h3-4,7,10H,5-6,8-9,16H2,1-2H3. The van der Waals surface area contributed by atoms with E-state index in [0.29, 0.717) is 25.4 Å². The first-order valence-corrected chi connectivity index (χ1v) is 6.60. The van der Waals surface area contributed by atoms with Crippen molar-refractivity contribution in [2.75, 3.05) is 40.3 Å². The fourth-order valence-electron chi connectivity index (χ4n) is 2.43. The van der Waals surface area contributed by atoms with Gasteiger partial charge in [-0.3, -0.25) is 4.79 Å². The number of carbonyl (C=O) groups excluding carboxylic acids is 1. The third-order valence-corrected chi connectivity index (χ3v) is 3.63. The quantitative estimate of drug-likeness (QED) is 0.879. The number of halogens is 1. The number of amides is 1. The van der Waals surface area contributed by atoms with E-state index in [4.69, 9.17) is 10.5 Å². The van der Waals surface area contributed by atoms with Crippen LogP contribution in [0, 0.1) is 5.82 Å². The second kappa shape index (κ2) is 6.19. The second-order valence-electron chi connectivity index (χ2n) is 5.00. The number of hydrogen-bond donors (Lipinski definition) is 1. The molecule has 0 aromatic heterocycles. The average Bonchev–Trinajstić information content (AvgIpc) is 2.46. The van der Waals surface area contributed by atoms with Crippen molar-refractivity contribution < 1.29 is 13.9 Å². The lowest BCUT2D eigenvalue weighted by molar-refractivity contribution is 0.0511. The summed E-state index contributed by atoms with van der Waals surface area (Å²) in [5, 5.41) is 0. The molecule has 0 bridgehead atoms. The van der Waals surface area contributed by atoms with Gasteiger partial charge in [-0.05, 0) is 19.2 Å². The average molecular weight is 281 g/mol. The summed E-state index contributed by atoms with van der Waals surface area (Å²) in [7, 11) is 3.44. The molecule has 0 saturated carbocycles. The molecule has 1 aromatic rings. The monoisotopic (exact) mass is 281 g/mol. The zero-order valence-corrected chi connectivity index (χ0v) is 11.8. The maximum Gasteiger partial charge on any atom is 0.257 e. The maximum atomic E-state index is 14.0. The summed E-state index contributed by atoms with van der Waals surface area (Å²) in [6, 6.07) is 4.19. The van der Waals surface area contributed by atoms with Crippen molar-refractivity contribution in [1.82, 2.24) is 9.80 Å². The highest BCUT2D eigenvalue weighted by molar-refractivity contribution is 5.95. The fraction of sp³-hybridized carbons (Fsp3) is 0.500. The molecule has 1 amide bonds. The minimum atomic E-state index is -0.566. The maximum absolute atomic E-state index is 14.0. The number of rotatable bonds is 3. The largest absolute Gasteiger partial charge is 0.497 e. The molecule has 1 heterocycles. The van der Waals surface area contributed by atoms with Gasteiger partial charge in [-0.1, -0.05) is 0 Å². The van der Waals surface area contributed by atoms with Crippen molar-refractivity contribution in [3.05, 3.63) is 29.6 Å². The molecule has 1 unspecified atom stereocenters. The minimum absolute atomic E-state index is 0.0637. The molecule has 0 radical (unpaired) electrons. The summed E-state index contributed by atoms with van der Waals surface area (Å²) >= 11 is 0. The Kier molecular flexibility index (Phi) is 4.57. The molecular weight excluding hydrogens is 261 g/mol. The number of piperazine rings is 1. The molecule has 0 spiro atoms. The zero-order chi connectivity index (χ0) is 14.7. The van der Waals surface area contributed by atoms with Crippen molar-refractivity contribution in [1.29, 1.82) is 0 Å². The number of hydrogen-bond acceptors (Lipinski definition) is 4. The molecule has 0 aliphatic carbocycles. The molecule has 2 N–H and O–H groups in total. The van der Waals surface area contributed by atoms with Gasteiger partial charge in [0.15, 0.2) is 0 Å². The van der Waals surface area contributed by atoms with Crippen LogP contribution in [0.5, 0.6) is 5.75 Å². The van der Waals surface area contributed by atoms with Crippen molar-refractivity contribution in [2.24, 2.45) is 5.73 Å². The van der Waals surface area contributed by atoms with Gasteiger partial charge < -0.3 is 20.3 Å². The predicted octanol–water partition coefficient (Wildman–Crippen LogP) is 0.549. The van der Waals surface area contributed by atoms with Crippen LogP contribution in [0.2, 0.25) is 0 Å². The van der Waals surface area contributed by atoms with E-state index in [9.17, 15) is 9.18 Å². The molecule has 1 aromatic carbocycles. The lowest BCUT2D eigenvalue weighted by atomic mass is 10.1. The van der Waals surface area contributed by atoms with Gasteiger partial charge >= 0.3 is 0 Å². The first-order valence-electron chi connectivity index (χ1n) is 6.60. The van der Waals surface area contributed by atoms with Crippen molar-refractivity contribution >= 4 is 5.91 Å². The highest BCUT2D eigenvalue weighted by Crippen LogP contribution is 2.19. The minimum Gasteiger partial charge on any atom is -0.497 e. The van der Waals surface area contributed by atoms with Gasteiger partial charge in [0.2, 0.25) is 0 Å². The summed E-state index contributed by atoms with van der Waals surface area (Å²) in [6.45, 7) is 2.40. The summed E-state index contributed by atoms with van der Waals surface area (Å²) in [5.41, 5.74) is 5.78. The first kappa shape index (κ1) is 14.7. The van der Waals surface area contributed by atoms with Crippen molar-refractivity contribution in [2.45, 2.75) is 6.04 Å². The Labute approximate surface area is 118 Å². The molecule has 20 heavy (non-hydrogen) atoms. The van der Waals surface area contributed by atoms with E-state index >= 15 is 0 Å². The van der Waals surface area contributed by atoms with E-state index in [1.54, 1.807) is 11.0 Å². The first-order chi connectivity index (χ1) is 9.56. The smallest absolute Gasteiger partial charge is 0.257 e. The highest BCUT2D eigenvalue weighted by atomic mass is 19.1. The molecule has 1 fully saturated rings. The van der Waals surface area contributed by atoms with Crippen LogP contribution in [0.3, 0.4) is 0 Å². The van der Waals surface area contributed by atoms with E-state index in [1.807, 2.05) is 7.05 Å². The van der Waals surface area contributed by atoms with Gasteiger partial charge in [-0.25, -0.2) is 4.39 Å². The number of ether oxygens (including phenoxy) is 1. The summed E-state index contributed by atoms with van der Waals surface area (Å²) in [5.74, 6) is -0.481. The van der Waals surface area contributed by atoms with Crippen LogP contribution in [0.15, 0.2) is 18.2 Å². The van der Waals surface area contributed by atoms with E-state index in [0.717, 1.165) is 6.54 Å². The van der Waals surface area contributed by atoms with Crippen LogP contribution < -0.4 is 10.5 Å². The molecule has 110 valence electrons. The molecule has 1 saturated heterocycles. The number of likely N-dealkylation sites (N-methyl/N-ethyl adjacent to an activating group) is 1. The Morgan fingerprint density at radius 1 is 1.50 bits per heavy atom. The Balaban J connectivity index is 2.22. The fourth-order valence-corrected chi connectivity index (χ4v) is 2.43. The predicted molar refractivity (Wildman–Crippen MR) is 74.3 cm³/mol. The molecule has 1 aliphatic heterocycles. The second-order valence-corrected chi connectivity index (χ2v) is 5.00. The number of nitrogens with two attached hydrogens (primary N) is 1. The van der Waals surface area contributed by atoms with E-state index in [1.165, 1.54) is 19.2 Å². The molecule has 6 heteroatoms. The van der Waals surface area contributed by atoms with E-state index in [2.05, 4.69) is 4.90 Å². The molecule has 1 aliphatic rings. The van der Waals surface area contributed by atoms with E-state index in [-0.39, 0.29) is 17.5 Å². The number of carbonyl (C=O) groups is 1.